The van der Waals surface area contributed by atoms with Crippen molar-refractivity contribution in [3.8, 4) is 0 Å². The Balaban J connectivity index is 1.34. The Labute approximate surface area is 165 Å². The van der Waals surface area contributed by atoms with E-state index in [0.717, 1.165) is 43.0 Å². The van der Waals surface area contributed by atoms with Gasteiger partial charge in [0.1, 0.15) is 5.82 Å². The van der Waals surface area contributed by atoms with Gasteiger partial charge in [-0.15, -0.1) is 10.2 Å². The minimum Gasteiger partial charge on any atom is -0.348 e. The van der Waals surface area contributed by atoms with Crippen LogP contribution in [0.5, 0.6) is 0 Å². The topological polar surface area (TPSA) is 62.5 Å². The van der Waals surface area contributed by atoms with E-state index in [0.29, 0.717) is 5.92 Å². The standard InChI is InChI=1S/C22H27N5O/c1-16(18-8-4-3-5-9-18)23-22(28)17(2)26-14-11-19(12-15-26)21-25-24-20-10-6-7-13-27(20)21/h3-10,13,16-17,19H,11-12,14-15H2,1-2H3,(H,23,28). The third kappa shape index (κ3) is 3.78. The number of benzene rings is 1. The molecule has 2 unspecified atom stereocenters. The number of piperidine rings is 1. The number of carbonyl (C=O) groups excluding carboxylic acids is 1. The van der Waals surface area contributed by atoms with Gasteiger partial charge in [0.05, 0.1) is 12.1 Å². The van der Waals surface area contributed by atoms with Crippen molar-refractivity contribution in [3.63, 3.8) is 0 Å². The number of rotatable bonds is 5. The number of pyridine rings is 1. The Morgan fingerprint density at radius 3 is 2.50 bits per heavy atom. The maximum atomic E-state index is 12.7. The Morgan fingerprint density at radius 2 is 1.75 bits per heavy atom. The molecule has 1 aliphatic heterocycles. The first-order valence-corrected chi connectivity index (χ1v) is 10.0. The van der Waals surface area contributed by atoms with Crippen LogP contribution in [0.4, 0.5) is 0 Å². The SMILES string of the molecule is CC(NC(=O)C(C)N1CCC(c2nnc3ccccn23)CC1)c1ccccc1. The summed E-state index contributed by atoms with van der Waals surface area (Å²) in [4.78, 5) is 15.0. The van der Waals surface area contributed by atoms with Gasteiger partial charge in [-0.1, -0.05) is 36.4 Å². The van der Waals surface area contributed by atoms with Crippen LogP contribution in [-0.2, 0) is 4.79 Å². The zero-order chi connectivity index (χ0) is 19.5. The molecule has 6 nitrogen and oxygen atoms in total. The maximum absolute atomic E-state index is 12.7. The van der Waals surface area contributed by atoms with Crippen LogP contribution in [0.3, 0.4) is 0 Å². The van der Waals surface area contributed by atoms with Crippen LogP contribution in [0.25, 0.3) is 5.65 Å². The van der Waals surface area contributed by atoms with Gasteiger partial charge in [-0.25, -0.2) is 0 Å². The van der Waals surface area contributed by atoms with E-state index < -0.39 is 0 Å². The first kappa shape index (κ1) is 18.6. The maximum Gasteiger partial charge on any atom is 0.237 e. The average Bonchev–Trinajstić information content (AvgIpc) is 3.18. The summed E-state index contributed by atoms with van der Waals surface area (Å²) < 4.78 is 2.08. The van der Waals surface area contributed by atoms with Crippen molar-refractivity contribution in [1.82, 2.24) is 24.8 Å². The molecular weight excluding hydrogens is 350 g/mol. The predicted molar refractivity (Wildman–Crippen MR) is 109 cm³/mol. The van der Waals surface area contributed by atoms with Crippen LogP contribution in [0.2, 0.25) is 0 Å². The molecule has 3 aromatic rings. The van der Waals surface area contributed by atoms with Crippen molar-refractivity contribution >= 4 is 11.6 Å². The first-order chi connectivity index (χ1) is 13.6. The van der Waals surface area contributed by atoms with E-state index in [1.165, 1.54) is 0 Å². The molecule has 0 saturated carbocycles. The molecule has 2 aromatic heterocycles. The molecule has 2 atom stereocenters. The molecule has 0 spiro atoms. The number of hydrogen-bond donors (Lipinski definition) is 1. The van der Waals surface area contributed by atoms with E-state index in [4.69, 9.17) is 0 Å². The van der Waals surface area contributed by atoms with Crippen molar-refractivity contribution in [1.29, 1.82) is 0 Å². The van der Waals surface area contributed by atoms with E-state index >= 15 is 0 Å². The van der Waals surface area contributed by atoms with Gasteiger partial charge < -0.3 is 5.32 Å². The van der Waals surface area contributed by atoms with Crippen LogP contribution in [0, 0.1) is 0 Å². The highest BCUT2D eigenvalue weighted by molar-refractivity contribution is 5.81. The number of hydrogen-bond acceptors (Lipinski definition) is 4. The van der Waals surface area contributed by atoms with E-state index in [9.17, 15) is 4.79 Å². The van der Waals surface area contributed by atoms with Crippen LogP contribution in [-0.4, -0.2) is 44.5 Å². The van der Waals surface area contributed by atoms with Crippen LogP contribution >= 0.6 is 0 Å². The number of amides is 1. The summed E-state index contributed by atoms with van der Waals surface area (Å²) in [6.07, 6.45) is 4.00. The molecule has 6 heteroatoms. The number of carbonyl (C=O) groups is 1. The Morgan fingerprint density at radius 1 is 1.04 bits per heavy atom. The fraction of sp³-hybridized carbons (Fsp3) is 0.409. The van der Waals surface area contributed by atoms with E-state index in [1.54, 1.807) is 0 Å². The molecule has 146 valence electrons. The van der Waals surface area contributed by atoms with Gasteiger partial charge in [0.15, 0.2) is 5.65 Å². The zero-order valence-electron chi connectivity index (χ0n) is 16.5. The second-order valence-electron chi connectivity index (χ2n) is 7.61. The van der Waals surface area contributed by atoms with Crippen LogP contribution in [0.1, 0.15) is 50.0 Å². The fourth-order valence-corrected chi connectivity index (χ4v) is 4.01. The minimum atomic E-state index is -0.137. The third-order valence-corrected chi connectivity index (χ3v) is 5.82. The molecule has 1 aromatic carbocycles. The molecule has 1 N–H and O–H groups in total. The van der Waals surface area contributed by atoms with Crippen molar-refractivity contribution in [3.05, 3.63) is 66.1 Å². The summed E-state index contributed by atoms with van der Waals surface area (Å²) in [6.45, 7) is 5.81. The number of fused-ring (bicyclic) bond motifs is 1. The zero-order valence-corrected chi connectivity index (χ0v) is 16.5. The number of aromatic nitrogens is 3. The second kappa shape index (κ2) is 8.10. The molecule has 1 aliphatic rings. The van der Waals surface area contributed by atoms with Crippen molar-refractivity contribution < 1.29 is 4.79 Å². The largest absolute Gasteiger partial charge is 0.348 e. The van der Waals surface area contributed by atoms with Gasteiger partial charge in [0, 0.05) is 12.1 Å². The van der Waals surface area contributed by atoms with Gasteiger partial charge in [0.2, 0.25) is 5.91 Å². The van der Waals surface area contributed by atoms with Gasteiger partial charge >= 0.3 is 0 Å². The second-order valence-corrected chi connectivity index (χ2v) is 7.61. The summed E-state index contributed by atoms with van der Waals surface area (Å²) >= 11 is 0. The molecular formula is C22H27N5O. The lowest BCUT2D eigenvalue weighted by Crippen LogP contribution is -2.48. The number of nitrogens with zero attached hydrogens (tertiary/aromatic N) is 4. The number of likely N-dealkylation sites (tertiary alicyclic amines) is 1. The van der Waals surface area contributed by atoms with Crippen molar-refractivity contribution in [2.75, 3.05) is 13.1 Å². The van der Waals surface area contributed by atoms with Crippen molar-refractivity contribution in [2.24, 2.45) is 0 Å². The summed E-state index contributed by atoms with van der Waals surface area (Å²) in [7, 11) is 0. The molecule has 4 rings (SSSR count). The summed E-state index contributed by atoms with van der Waals surface area (Å²) in [5.74, 6) is 1.50. The molecule has 0 bridgehead atoms. The fourth-order valence-electron chi connectivity index (χ4n) is 4.01. The predicted octanol–water partition coefficient (Wildman–Crippen LogP) is 3.17. The molecule has 1 saturated heterocycles. The Kier molecular flexibility index (Phi) is 5.39. The normalized spacial score (nSPS) is 18.1. The van der Waals surface area contributed by atoms with E-state index in [-0.39, 0.29) is 18.0 Å². The molecule has 1 fully saturated rings. The van der Waals surface area contributed by atoms with Gasteiger partial charge in [-0.2, -0.15) is 0 Å². The highest BCUT2D eigenvalue weighted by Gasteiger charge is 2.29. The summed E-state index contributed by atoms with van der Waals surface area (Å²) in [5, 5.41) is 11.8. The van der Waals surface area contributed by atoms with Gasteiger partial charge in [-0.05, 0) is 57.5 Å². The monoisotopic (exact) mass is 377 g/mol. The van der Waals surface area contributed by atoms with Gasteiger partial charge in [-0.3, -0.25) is 14.1 Å². The molecule has 3 heterocycles. The minimum absolute atomic E-state index is 0.0102. The van der Waals surface area contributed by atoms with Gasteiger partial charge in [0.25, 0.3) is 0 Å². The van der Waals surface area contributed by atoms with Crippen LogP contribution in [0.15, 0.2) is 54.7 Å². The summed E-state index contributed by atoms with van der Waals surface area (Å²) in [5.41, 5.74) is 2.02. The third-order valence-electron chi connectivity index (χ3n) is 5.82. The lowest BCUT2D eigenvalue weighted by atomic mass is 9.95. The Hall–Kier alpha value is -2.73. The van der Waals surface area contributed by atoms with E-state index in [2.05, 4.69) is 24.8 Å². The number of nitrogens with one attached hydrogen (secondary N) is 1. The summed E-state index contributed by atoms with van der Waals surface area (Å²) in [6, 6.07) is 15.9. The lowest BCUT2D eigenvalue weighted by molar-refractivity contribution is -0.127. The quantitative estimate of drug-likeness (QED) is 0.742. The molecule has 0 radical (unpaired) electrons. The average molecular weight is 377 g/mol. The Bertz CT molecular complexity index is 930. The molecule has 28 heavy (non-hydrogen) atoms. The molecule has 0 aliphatic carbocycles. The first-order valence-electron chi connectivity index (χ1n) is 10.0. The highest BCUT2D eigenvalue weighted by atomic mass is 16.2. The van der Waals surface area contributed by atoms with Crippen LogP contribution < -0.4 is 5.32 Å². The highest BCUT2D eigenvalue weighted by Crippen LogP contribution is 2.28. The lowest BCUT2D eigenvalue weighted by Gasteiger charge is -2.35. The molecule has 1 amide bonds. The van der Waals surface area contributed by atoms with Crippen molar-refractivity contribution in [2.45, 2.75) is 44.7 Å². The smallest absolute Gasteiger partial charge is 0.237 e. The van der Waals surface area contributed by atoms with E-state index in [1.807, 2.05) is 68.6 Å².